The van der Waals surface area contributed by atoms with Crippen molar-refractivity contribution in [2.75, 3.05) is 5.75 Å². The maximum Gasteiger partial charge on any atom is 0.277 e. The Kier molecular flexibility index (Phi) is 6.51. The van der Waals surface area contributed by atoms with Gasteiger partial charge in [0.2, 0.25) is 5.91 Å². The molecule has 3 rings (SSSR count). The van der Waals surface area contributed by atoms with E-state index >= 15 is 0 Å². The lowest BCUT2D eigenvalue weighted by atomic mass is 10.2. The molecule has 0 spiro atoms. The van der Waals surface area contributed by atoms with Crippen LogP contribution in [-0.4, -0.2) is 21.9 Å². The first-order chi connectivity index (χ1) is 12.7. The van der Waals surface area contributed by atoms with Crippen molar-refractivity contribution in [3.05, 3.63) is 71.1 Å². The summed E-state index contributed by atoms with van der Waals surface area (Å²) < 4.78 is 11.0. The van der Waals surface area contributed by atoms with E-state index in [-0.39, 0.29) is 18.3 Å². The maximum atomic E-state index is 11.9. The van der Waals surface area contributed by atoms with Gasteiger partial charge in [0, 0.05) is 6.54 Å². The molecule has 1 aromatic heterocycles. The highest BCUT2D eigenvalue weighted by Gasteiger charge is 2.11. The van der Waals surface area contributed by atoms with E-state index in [4.69, 9.17) is 20.8 Å². The van der Waals surface area contributed by atoms with Crippen molar-refractivity contribution in [3.8, 4) is 5.75 Å². The summed E-state index contributed by atoms with van der Waals surface area (Å²) in [5.74, 6) is 0.949. The predicted molar refractivity (Wildman–Crippen MR) is 99.1 cm³/mol. The molecule has 0 saturated heterocycles. The van der Waals surface area contributed by atoms with E-state index in [1.54, 1.807) is 12.1 Å². The van der Waals surface area contributed by atoms with Crippen LogP contribution in [0.15, 0.2) is 64.2 Å². The quantitative estimate of drug-likeness (QED) is 0.592. The van der Waals surface area contributed by atoms with Crippen molar-refractivity contribution in [3.63, 3.8) is 0 Å². The SMILES string of the molecule is O=C(CSc1nnc(COc2ccccc2Cl)o1)NCc1ccccc1. The van der Waals surface area contributed by atoms with Crippen LogP contribution in [0.3, 0.4) is 0 Å². The van der Waals surface area contributed by atoms with Crippen molar-refractivity contribution >= 4 is 29.3 Å². The second-order valence-electron chi connectivity index (χ2n) is 5.23. The average Bonchev–Trinajstić information content (AvgIpc) is 3.13. The standard InChI is InChI=1S/C18H16ClN3O3S/c19-14-8-4-5-9-15(14)24-11-17-21-22-18(25-17)26-12-16(23)20-10-13-6-2-1-3-7-13/h1-9H,10-12H2,(H,20,23). The fourth-order valence-corrected chi connectivity index (χ4v) is 2.83. The minimum atomic E-state index is -0.106. The first kappa shape index (κ1) is 18.3. The number of benzene rings is 2. The Morgan fingerprint density at radius 2 is 1.88 bits per heavy atom. The molecule has 8 heteroatoms. The largest absolute Gasteiger partial charge is 0.482 e. The number of nitrogens with zero attached hydrogens (tertiary/aromatic N) is 2. The second kappa shape index (κ2) is 9.26. The highest BCUT2D eigenvalue weighted by Crippen LogP contribution is 2.24. The molecule has 0 aliphatic rings. The molecule has 0 radical (unpaired) electrons. The Morgan fingerprint density at radius 3 is 2.69 bits per heavy atom. The highest BCUT2D eigenvalue weighted by atomic mass is 35.5. The topological polar surface area (TPSA) is 77.2 Å². The minimum Gasteiger partial charge on any atom is -0.482 e. The third kappa shape index (κ3) is 5.50. The summed E-state index contributed by atoms with van der Waals surface area (Å²) in [6, 6.07) is 16.8. The van der Waals surface area contributed by atoms with Gasteiger partial charge in [-0.3, -0.25) is 4.79 Å². The zero-order valence-electron chi connectivity index (χ0n) is 13.7. The number of carbonyl (C=O) groups excluding carboxylic acids is 1. The Morgan fingerprint density at radius 1 is 1.12 bits per heavy atom. The Labute approximate surface area is 159 Å². The Hall–Kier alpha value is -2.51. The Balaban J connectivity index is 1.42. The molecule has 0 saturated carbocycles. The van der Waals surface area contributed by atoms with E-state index in [0.717, 1.165) is 5.56 Å². The van der Waals surface area contributed by atoms with Gasteiger partial charge in [-0.05, 0) is 17.7 Å². The van der Waals surface area contributed by atoms with Gasteiger partial charge >= 0.3 is 0 Å². The van der Waals surface area contributed by atoms with E-state index in [2.05, 4.69) is 15.5 Å². The number of para-hydroxylation sites is 1. The summed E-state index contributed by atoms with van der Waals surface area (Å²) >= 11 is 7.19. The van der Waals surface area contributed by atoms with Gasteiger partial charge in [0.15, 0.2) is 6.61 Å². The van der Waals surface area contributed by atoms with Crippen LogP contribution in [0.1, 0.15) is 11.5 Å². The zero-order chi connectivity index (χ0) is 18.2. The summed E-state index contributed by atoms with van der Waals surface area (Å²) in [6.07, 6.45) is 0. The number of nitrogens with one attached hydrogen (secondary N) is 1. The minimum absolute atomic E-state index is 0.106. The molecule has 0 fully saturated rings. The molecule has 1 N–H and O–H groups in total. The molecule has 26 heavy (non-hydrogen) atoms. The molecule has 1 amide bonds. The molecule has 0 bridgehead atoms. The molecule has 3 aromatic rings. The van der Waals surface area contributed by atoms with Gasteiger partial charge in [-0.2, -0.15) is 0 Å². The number of carbonyl (C=O) groups is 1. The van der Waals surface area contributed by atoms with Crippen LogP contribution in [0.2, 0.25) is 5.02 Å². The van der Waals surface area contributed by atoms with Crippen LogP contribution in [-0.2, 0) is 17.9 Å². The summed E-state index contributed by atoms with van der Waals surface area (Å²) in [7, 11) is 0. The van der Waals surface area contributed by atoms with Crippen molar-refractivity contribution < 1.29 is 13.9 Å². The number of thioether (sulfide) groups is 1. The molecule has 6 nitrogen and oxygen atoms in total. The lowest BCUT2D eigenvalue weighted by Gasteiger charge is -2.04. The second-order valence-corrected chi connectivity index (χ2v) is 6.57. The van der Waals surface area contributed by atoms with E-state index in [1.165, 1.54) is 11.8 Å². The van der Waals surface area contributed by atoms with Gasteiger partial charge in [-0.15, -0.1) is 10.2 Å². The third-order valence-electron chi connectivity index (χ3n) is 3.30. The molecule has 1 heterocycles. The van der Waals surface area contributed by atoms with Crippen molar-refractivity contribution in [1.29, 1.82) is 0 Å². The fraction of sp³-hybridized carbons (Fsp3) is 0.167. The first-order valence-corrected chi connectivity index (χ1v) is 9.20. The van der Waals surface area contributed by atoms with Crippen LogP contribution >= 0.6 is 23.4 Å². The first-order valence-electron chi connectivity index (χ1n) is 7.84. The molecule has 0 aliphatic heterocycles. The molecular weight excluding hydrogens is 374 g/mol. The molecule has 0 atom stereocenters. The van der Waals surface area contributed by atoms with Gasteiger partial charge < -0.3 is 14.5 Å². The number of hydrogen-bond donors (Lipinski definition) is 1. The monoisotopic (exact) mass is 389 g/mol. The van der Waals surface area contributed by atoms with Gasteiger partial charge in [-0.1, -0.05) is 65.8 Å². The van der Waals surface area contributed by atoms with Crippen molar-refractivity contribution in [2.45, 2.75) is 18.4 Å². The lowest BCUT2D eigenvalue weighted by molar-refractivity contribution is -0.118. The van der Waals surface area contributed by atoms with Gasteiger partial charge in [-0.25, -0.2) is 0 Å². The summed E-state index contributed by atoms with van der Waals surface area (Å²) in [5, 5.41) is 11.5. The zero-order valence-corrected chi connectivity index (χ0v) is 15.3. The third-order valence-corrected chi connectivity index (χ3v) is 4.43. The number of ether oxygens (including phenoxy) is 1. The molecular formula is C18H16ClN3O3S. The van der Waals surface area contributed by atoms with Gasteiger partial charge in [0.25, 0.3) is 11.1 Å². The number of amides is 1. The number of rotatable bonds is 8. The smallest absolute Gasteiger partial charge is 0.277 e. The van der Waals surface area contributed by atoms with E-state index < -0.39 is 0 Å². The van der Waals surface area contributed by atoms with E-state index in [1.807, 2.05) is 42.5 Å². The van der Waals surface area contributed by atoms with Crippen LogP contribution in [0.4, 0.5) is 0 Å². The number of hydrogen-bond acceptors (Lipinski definition) is 6. The molecule has 2 aromatic carbocycles. The van der Waals surface area contributed by atoms with Crippen LogP contribution < -0.4 is 10.1 Å². The number of halogens is 1. The van der Waals surface area contributed by atoms with Crippen molar-refractivity contribution in [2.24, 2.45) is 0 Å². The summed E-state index contributed by atoms with van der Waals surface area (Å²) in [5.41, 5.74) is 1.04. The van der Waals surface area contributed by atoms with Crippen LogP contribution in [0.5, 0.6) is 5.75 Å². The Bertz CT molecular complexity index is 858. The summed E-state index contributed by atoms with van der Waals surface area (Å²) in [4.78, 5) is 11.9. The number of aromatic nitrogens is 2. The van der Waals surface area contributed by atoms with E-state index in [0.29, 0.717) is 28.4 Å². The van der Waals surface area contributed by atoms with Crippen LogP contribution in [0, 0.1) is 0 Å². The molecule has 134 valence electrons. The van der Waals surface area contributed by atoms with Crippen LogP contribution in [0.25, 0.3) is 0 Å². The van der Waals surface area contributed by atoms with Gasteiger partial charge in [0.1, 0.15) is 5.75 Å². The lowest BCUT2D eigenvalue weighted by Crippen LogP contribution is -2.24. The van der Waals surface area contributed by atoms with Gasteiger partial charge in [0.05, 0.1) is 10.8 Å². The predicted octanol–water partition coefficient (Wildman–Crippen LogP) is 3.71. The summed E-state index contributed by atoms with van der Waals surface area (Å²) in [6.45, 7) is 0.596. The normalized spacial score (nSPS) is 10.5. The van der Waals surface area contributed by atoms with E-state index in [9.17, 15) is 4.79 Å². The van der Waals surface area contributed by atoms with Crippen molar-refractivity contribution in [1.82, 2.24) is 15.5 Å². The maximum absolute atomic E-state index is 11.9. The fourth-order valence-electron chi connectivity index (χ4n) is 2.03. The average molecular weight is 390 g/mol. The highest BCUT2D eigenvalue weighted by molar-refractivity contribution is 7.99. The molecule has 0 unspecified atom stereocenters. The molecule has 0 aliphatic carbocycles.